The fourth-order valence-corrected chi connectivity index (χ4v) is 4.38. The molecule has 0 spiro atoms. The van der Waals surface area contributed by atoms with Crippen molar-refractivity contribution in [3.8, 4) is 0 Å². The Labute approximate surface area is 183 Å². The average Bonchev–Trinajstić information content (AvgIpc) is 3.42. The van der Waals surface area contributed by atoms with Crippen molar-refractivity contribution < 1.29 is 9.59 Å². The van der Waals surface area contributed by atoms with Gasteiger partial charge in [-0.05, 0) is 42.5 Å². The van der Waals surface area contributed by atoms with Gasteiger partial charge < -0.3 is 16.0 Å². The summed E-state index contributed by atoms with van der Waals surface area (Å²) in [5, 5.41) is 17.0. The van der Waals surface area contributed by atoms with Gasteiger partial charge in [-0.25, -0.2) is 0 Å². The molecule has 2 aromatic carbocycles. The first-order valence-corrected chi connectivity index (χ1v) is 10.8. The molecule has 3 aromatic rings. The van der Waals surface area contributed by atoms with Crippen LogP contribution in [-0.2, 0) is 16.1 Å². The molecule has 1 fully saturated rings. The van der Waals surface area contributed by atoms with Gasteiger partial charge in [0.05, 0.1) is 17.8 Å². The zero-order chi connectivity index (χ0) is 21.1. The molecule has 4 N–H and O–H groups in total. The largest absolute Gasteiger partial charge is 0.350 e. The Bertz CT molecular complexity index is 1050. The number of H-pyrrole nitrogens is 1. The third-order valence-electron chi connectivity index (χ3n) is 5.52. The number of benzene rings is 2. The Hall–Kier alpha value is -2.71. The maximum absolute atomic E-state index is 12.6. The van der Waals surface area contributed by atoms with Gasteiger partial charge in [-0.1, -0.05) is 46.3 Å². The van der Waals surface area contributed by atoms with Crippen molar-refractivity contribution in [3.63, 3.8) is 0 Å². The lowest BCUT2D eigenvalue weighted by Gasteiger charge is -2.17. The number of amides is 2. The number of nitrogens with zero attached hydrogens (tertiary/aromatic N) is 1. The molecule has 0 aliphatic carbocycles. The van der Waals surface area contributed by atoms with Crippen molar-refractivity contribution in [2.75, 3.05) is 6.54 Å². The topological polar surface area (TPSA) is 98.9 Å². The van der Waals surface area contributed by atoms with Crippen LogP contribution in [0.25, 0.3) is 10.9 Å². The number of nitrogens with one attached hydrogen (secondary N) is 4. The van der Waals surface area contributed by atoms with E-state index >= 15 is 0 Å². The van der Waals surface area contributed by atoms with Gasteiger partial charge in [0.1, 0.15) is 6.04 Å². The second kappa shape index (κ2) is 8.97. The SMILES string of the molecule is C[C@H](NC(=O)[C@H]1C[C@H](c2ccccc2)CN1)C(=O)NCc1cc(Br)cc2cn[nH]c12. The first kappa shape index (κ1) is 20.6. The monoisotopic (exact) mass is 469 g/mol. The molecule has 156 valence electrons. The maximum atomic E-state index is 12.6. The van der Waals surface area contributed by atoms with Gasteiger partial charge in [-0.15, -0.1) is 0 Å². The van der Waals surface area contributed by atoms with E-state index in [2.05, 4.69) is 54.2 Å². The van der Waals surface area contributed by atoms with Gasteiger partial charge in [-0.2, -0.15) is 5.10 Å². The highest BCUT2D eigenvalue weighted by molar-refractivity contribution is 9.10. The number of aromatic amines is 1. The van der Waals surface area contributed by atoms with E-state index < -0.39 is 6.04 Å². The quantitative estimate of drug-likeness (QED) is 0.445. The third-order valence-corrected chi connectivity index (χ3v) is 5.98. The zero-order valence-corrected chi connectivity index (χ0v) is 18.2. The maximum Gasteiger partial charge on any atom is 0.242 e. The van der Waals surface area contributed by atoms with E-state index in [0.29, 0.717) is 12.5 Å². The van der Waals surface area contributed by atoms with Crippen LogP contribution in [0.3, 0.4) is 0 Å². The molecule has 1 aromatic heterocycles. The molecular weight excluding hydrogens is 446 g/mol. The number of carbonyl (C=O) groups is 2. The van der Waals surface area contributed by atoms with Crippen LogP contribution in [0, 0.1) is 0 Å². The van der Waals surface area contributed by atoms with Crippen molar-refractivity contribution >= 4 is 38.6 Å². The van der Waals surface area contributed by atoms with E-state index in [1.54, 1.807) is 13.1 Å². The molecule has 0 radical (unpaired) electrons. The Kier molecular flexibility index (Phi) is 6.15. The van der Waals surface area contributed by atoms with Crippen LogP contribution in [0.4, 0.5) is 0 Å². The molecule has 4 rings (SSSR count). The van der Waals surface area contributed by atoms with Gasteiger partial charge >= 0.3 is 0 Å². The number of aromatic nitrogens is 2. The summed E-state index contributed by atoms with van der Waals surface area (Å²) in [5.41, 5.74) is 3.04. The van der Waals surface area contributed by atoms with Gasteiger partial charge in [0, 0.05) is 22.9 Å². The minimum absolute atomic E-state index is 0.144. The van der Waals surface area contributed by atoms with Crippen LogP contribution in [0.15, 0.2) is 53.1 Å². The van der Waals surface area contributed by atoms with Gasteiger partial charge in [0.15, 0.2) is 0 Å². The van der Waals surface area contributed by atoms with Gasteiger partial charge in [0.25, 0.3) is 0 Å². The number of carbonyl (C=O) groups excluding carboxylic acids is 2. The summed E-state index contributed by atoms with van der Waals surface area (Å²) in [6.07, 6.45) is 2.46. The summed E-state index contributed by atoms with van der Waals surface area (Å²) < 4.78 is 0.919. The van der Waals surface area contributed by atoms with Crippen LogP contribution >= 0.6 is 15.9 Å². The minimum Gasteiger partial charge on any atom is -0.350 e. The van der Waals surface area contributed by atoms with Crippen LogP contribution in [-0.4, -0.2) is 40.6 Å². The predicted molar refractivity (Wildman–Crippen MR) is 119 cm³/mol. The lowest BCUT2D eigenvalue weighted by atomic mass is 9.96. The van der Waals surface area contributed by atoms with E-state index in [4.69, 9.17) is 0 Å². The van der Waals surface area contributed by atoms with Crippen LogP contribution in [0.1, 0.15) is 30.4 Å². The standard InChI is InChI=1S/C22H24BrN5O2/c1-13(21(29)25-11-16-7-18(23)8-17-12-26-28-20(16)17)27-22(30)19-9-15(10-24-19)14-5-3-2-4-6-14/h2-8,12-13,15,19,24H,9-11H2,1H3,(H,25,29)(H,26,28)(H,27,30)/t13-,15-,19+/m0/s1. The third kappa shape index (κ3) is 4.55. The molecule has 0 bridgehead atoms. The van der Waals surface area contributed by atoms with Crippen LogP contribution in [0.2, 0.25) is 0 Å². The Morgan fingerprint density at radius 1 is 1.27 bits per heavy atom. The molecule has 0 saturated carbocycles. The first-order chi connectivity index (χ1) is 14.5. The highest BCUT2D eigenvalue weighted by atomic mass is 79.9. The fraction of sp³-hybridized carbons (Fsp3) is 0.318. The number of rotatable bonds is 6. The smallest absolute Gasteiger partial charge is 0.242 e. The van der Waals surface area contributed by atoms with Gasteiger partial charge in [0.2, 0.25) is 11.8 Å². The fourth-order valence-electron chi connectivity index (χ4n) is 3.86. The summed E-state index contributed by atoms with van der Waals surface area (Å²) in [6.45, 7) is 2.80. The summed E-state index contributed by atoms with van der Waals surface area (Å²) in [4.78, 5) is 25.2. The van der Waals surface area contributed by atoms with Gasteiger partial charge in [-0.3, -0.25) is 14.7 Å². The Morgan fingerprint density at radius 2 is 2.07 bits per heavy atom. The van der Waals surface area contributed by atoms with Crippen LogP contribution < -0.4 is 16.0 Å². The van der Waals surface area contributed by atoms with E-state index in [0.717, 1.165) is 33.9 Å². The number of halogens is 1. The molecule has 7 nitrogen and oxygen atoms in total. The molecule has 0 unspecified atom stereocenters. The normalized spacial score (nSPS) is 19.5. The number of fused-ring (bicyclic) bond motifs is 1. The summed E-state index contributed by atoms with van der Waals surface area (Å²) in [6, 6.07) is 13.2. The second-order valence-corrected chi connectivity index (χ2v) is 8.57. The number of hydrogen-bond donors (Lipinski definition) is 4. The first-order valence-electron chi connectivity index (χ1n) is 9.99. The molecule has 1 aliphatic rings. The molecule has 3 atom stereocenters. The molecular formula is C22H24BrN5O2. The van der Waals surface area contributed by atoms with Crippen molar-refractivity contribution in [2.45, 2.75) is 37.9 Å². The summed E-state index contributed by atoms with van der Waals surface area (Å²) >= 11 is 3.48. The van der Waals surface area contributed by atoms with E-state index in [1.807, 2.05) is 30.3 Å². The minimum atomic E-state index is -0.625. The van der Waals surface area contributed by atoms with Crippen molar-refractivity contribution in [1.29, 1.82) is 0 Å². The predicted octanol–water partition coefficient (Wildman–Crippen LogP) is 2.59. The van der Waals surface area contributed by atoms with Crippen molar-refractivity contribution in [1.82, 2.24) is 26.1 Å². The summed E-state index contributed by atoms with van der Waals surface area (Å²) in [5.74, 6) is -0.0671. The molecule has 2 heterocycles. The lowest BCUT2D eigenvalue weighted by molar-refractivity contribution is -0.129. The summed E-state index contributed by atoms with van der Waals surface area (Å²) in [7, 11) is 0. The van der Waals surface area contributed by atoms with Crippen molar-refractivity contribution in [3.05, 3.63) is 64.3 Å². The van der Waals surface area contributed by atoms with Crippen molar-refractivity contribution in [2.24, 2.45) is 0 Å². The number of hydrogen-bond acceptors (Lipinski definition) is 4. The Balaban J connectivity index is 1.30. The molecule has 30 heavy (non-hydrogen) atoms. The Morgan fingerprint density at radius 3 is 2.87 bits per heavy atom. The van der Waals surface area contributed by atoms with Crippen LogP contribution in [0.5, 0.6) is 0 Å². The molecule has 1 aliphatic heterocycles. The van der Waals surface area contributed by atoms with E-state index in [1.165, 1.54) is 5.56 Å². The van der Waals surface area contributed by atoms with E-state index in [-0.39, 0.29) is 17.9 Å². The average molecular weight is 470 g/mol. The molecule has 8 heteroatoms. The van der Waals surface area contributed by atoms with E-state index in [9.17, 15) is 9.59 Å². The zero-order valence-electron chi connectivity index (χ0n) is 16.6. The molecule has 2 amide bonds. The second-order valence-electron chi connectivity index (χ2n) is 7.65. The lowest BCUT2D eigenvalue weighted by Crippen LogP contribution is -2.49. The highest BCUT2D eigenvalue weighted by Crippen LogP contribution is 2.25. The highest BCUT2D eigenvalue weighted by Gasteiger charge is 2.31. The molecule has 1 saturated heterocycles.